The largest absolute Gasteiger partial charge is 0.480 e. The zero-order valence-corrected chi connectivity index (χ0v) is 11.1. The molecule has 0 radical (unpaired) electrons. The molecule has 2 heterocycles. The number of carbonyl (C=O) groups excluding carboxylic acids is 1. The van der Waals surface area contributed by atoms with Crippen LogP contribution in [-0.4, -0.2) is 39.9 Å². The van der Waals surface area contributed by atoms with Gasteiger partial charge in [0.1, 0.15) is 0 Å². The number of ether oxygens (including phenoxy) is 1. The van der Waals surface area contributed by atoms with E-state index in [0.29, 0.717) is 35.2 Å². The Balaban J connectivity index is 2.47. The number of hydrogen-bond acceptors (Lipinski definition) is 5. The summed E-state index contributed by atoms with van der Waals surface area (Å²) in [5, 5.41) is 6.94. The number of amides is 1. The molecule has 6 nitrogen and oxygen atoms in total. The Kier molecular flexibility index (Phi) is 3.71. The van der Waals surface area contributed by atoms with Crippen LogP contribution in [0.25, 0.3) is 5.65 Å². The van der Waals surface area contributed by atoms with Crippen LogP contribution < -0.4 is 10.1 Å². The molecule has 0 saturated heterocycles. The molecule has 1 N–H and O–H groups in total. The lowest BCUT2D eigenvalue weighted by molar-refractivity contribution is 0.0948. The standard InChI is InChI=1S/C11H14N4O2S/c1-7-10(11(16)12-5-6-18)15-8(13-7)3-4-9(14-15)17-2/h3-4,18H,5-6H2,1-2H3,(H,12,16). The van der Waals surface area contributed by atoms with Crippen molar-refractivity contribution in [2.24, 2.45) is 0 Å². The zero-order valence-electron chi connectivity index (χ0n) is 10.2. The van der Waals surface area contributed by atoms with Gasteiger partial charge in [0.15, 0.2) is 11.3 Å². The van der Waals surface area contributed by atoms with Gasteiger partial charge >= 0.3 is 0 Å². The number of thiol groups is 1. The maximum absolute atomic E-state index is 12.0. The molecule has 0 saturated carbocycles. The van der Waals surface area contributed by atoms with E-state index in [4.69, 9.17) is 4.74 Å². The lowest BCUT2D eigenvalue weighted by Crippen LogP contribution is -2.27. The second-order valence-corrected chi connectivity index (χ2v) is 4.12. The summed E-state index contributed by atoms with van der Waals surface area (Å²) < 4.78 is 6.53. The van der Waals surface area contributed by atoms with E-state index >= 15 is 0 Å². The maximum Gasteiger partial charge on any atom is 0.271 e. The number of nitrogens with one attached hydrogen (secondary N) is 1. The third-order valence-corrected chi connectivity index (χ3v) is 2.67. The number of methoxy groups -OCH3 is 1. The van der Waals surface area contributed by atoms with E-state index in [1.807, 2.05) is 0 Å². The minimum absolute atomic E-state index is 0.213. The molecule has 0 fully saturated rings. The topological polar surface area (TPSA) is 68.5 Å². The number of nitrogens with zero attached hydrogens (tertiary/aromatic N) is 3. The van der Waals surface area contributed by atoms with E-state index in [2.05, 4.69) is 28.0 Å². The number of rotatable bonds is 4. The van der Waals surface area contributed by atoms with Gasteiger partial charge in [0, 0.05) is 18.4 Å². The Morgan fingerprint density at radius 1 is 1.56 bits per heavy atom. The molecule has 0 unspecified atom stereocenters. The summed E-state index contributed by atoms with van der Waals surface area (Å²) >= 11 is 4.05. The van der Waals surface area contributed by atoms with Crippen molar-refractivity contribution in [1.82, 2.24) is 19.9 Å². The van der Waals surface area contributed by atoms with Crippen molar-refractivity contribution in [3.63, 3.8) is 0 Å². The number of fused-ring (bicyclic) bond motifs is 1. The lowest BCUT2D eigenvalue weighted by atomic mass is 10.3. The van der Waals surface area contributed by atoms with Gasteiger partial charge in [-0.3, -0.25) is 4.79 Å². The summed E-state index contributed by atoms with van der Waals surface area (Å²) in [6.45, 7) is 2.27. The SMILES string of the molecule is COc1ccc2nc(C)c(C(=O)NCCS)n2n1. The first-order chi connectivity index (χ1) is 8.67. The monoisotopic (exact) mass is 266 g/mol. The molecule has 0 aromatic carbocycles. The maximum atomic E-state index is 12.0. The molecule has 2 aromatic heterocycles. The van der Waals surface area contributed by atoms with Crippen molar-refractivity contribution >= 4 is 24.2 Å². The van der Waals surface area contributed by atoms with Gasteiger partial charge in [0.25, 0.3) is 5.91 Å². The van der Waals surface area contributed by atoms with Crippen molar-refractivity contribution in [1.29, 1.82) is 0 Å². The van der Waals surface area contributed by atoms with Crippen LogP contribution in [0.3, 0.4) is 0 Å². The number of aryl methyl sites for hydroxylation is 1. The lowest BCUT2D eigenvalue weighted by Gasteiger charge is -2.04. The van der Waals surface area contributed by atoms with Crippen LogP contribution in [-0.2, 0) is 0 Å². The molecule has 18 heavy (non-hydrogen) atoms. The molecule has 0 aliphatic carbocycles. The zero-order chi connectivity index (χ0) is 13.1. The molecular formula is C11H14N4O2S. The average Bonchev–Trinajstić information content (AvgIpc) is 2.70. The number of aromatic nitrogens is 3. The van der Waals surface area contributed by atoms with Gasteiger partial charge < -0.3 is 10.1 Å². The highest BCUT2D eigenvalue weighted by atomic mass is 32.1. The first-order valence-corrected chi connectivity index (χ1v) is 6.10. The highest BCUT2D eigenvalue weighted by molar-refractivity contribution is 7.80. The second kappa shape index (κ2) is 5.26. The summed E-state index contributed by atoms with van der Waals surface area (Å²) in [7, 11) is 1.53. The highest BCUT2D eigenvalue weighted by Gasteiger charge is 2.17. The van der Waals surface area contributed by atoms with Crippen molar-refractivity contribution in [2.45, 2.75) is 6.92 Å². The van der Waals surface area contributed by atoms with E-state index in [9.17, 15) is 4.79 Å². The molecule has 96 valence electrons. The van der Waals surface area contributed by atoms with Crippen LogP contribution >= 0.6 is 12.6 Å². The molecule has 2 aromatic rings. The summed E-state index contributed by atoms with van der Waals surface area (Å²) in [4.78, 5) is 16.3. The first-order valence-electron chi connectivity index (χ1n) is 5.46. The first kappa shape index (κ1) is 12.7. The summed E-state index contributed by atoms with van der Waals surface area (Å²) in [6.07, 6.45) is 0. The highest BCUT2D eigenvalue weighted by Crippen LogP contribution is 2.13. The van der Waals surface area contributed by atoms with E-state index in [1.165, 1.54) is 11.6 Å². The van der Waals surface area contributed by atoms with Crippen LogP contribution in [0.1, 0.15) is 16.2 Å². The average molecular weight is 266 g/mol. The van der Waals surface area contributed by atoms with Crippen molar-refractivity contribution in [2.75, 3.05) is 19.4 Å². The minimum atomic E-state index is -0.213. The van der Waals surface area contributed by atoms with Gasteiger partial charge in [-0.05, 0) is 13.0 Å². The van der Waals surface area contributed by atoms with Gasteiger partial charge in [-0.2, -0.15) is 12.6 Å². The van der Waals surface area contributed by atoms with Crippen molar-refractivity contribution < 1.29 is 9.53 Å². The van der Waals surface area contributed by atoms with Crippen LogP contribution in [0.2, 0.25) is 0 Å². The third kappa shape index (κ3) is 2.26. The van der Waals surface area contributed by atoms with Gasteiger partial charge in [-0.15, -0.1) is 5.10 Å². The Morgan fingerprint density at radius 3 is 3.00 bits per heavy atom. The van der Waals surface area contributed by atoms with E-state index in [1.54, 1.807) is 19.1 Å². The van der Waals surface area contributed by atoms with E-state index in [0.717, 1.165) is 0 Å². The van der Waals surface area contributed by atoms with Crippen LogP contribution in [0.5, 0.6) is 5.88 Å². The smallest absolute Gasteiger partial charge is 0.271 e. The summed E-state index contributed by atoms with van der Waals surface area (Å²) in [5.41, 5.74) is 1.67. The number of hydrogen-bond donors (Lipinski definition) is 2. The predicted octanol–water partition coefficient (Wildman–Crippen LogP) is 0.706. The van der Waals surface area contributed by atoms with Crippen LogP contribution in [0.15, 0.2) is 12.1 Å². The molecule has 0 spiro atoms. The van der Waals surface area contributed by atoms with Gasteiger partial charge in [-0.1, -0.05) is 0 Å². The number of imidazole rings is 1. The summed E-state index contributed by atoms with van der Waals surface area (Å²) in [6, 6.07) is 3.46. The normalized spacial score (nSPS) is 10.6. The van der Waals surface area contributed by atoms with Gasteiger partial charge in [-0.25, -0.2) is 9.50 Å². The van der Waals surface area contributed by atoms with Crippen molar-refractivity contribution in [3.8, 4) is 5.88 Å². The molecule has 0 aliphatic rings. The molecule has 0 bridgehead atoms. The molecule has 0 atom stereocenters. The van der Waals surface area contributed by atoms with Crippen molar-refractivity contribution in [3.05, 3.63) is 23.5 Å². The third-order valence-electron chi connectivity index (χ3n) is 2.45. The van der Waals surface area contributed by atoms with E-state index < -0.39 is 0 Å². The molecule has 2 rings (SSSR count). The van der Waals surface area contributed by atoms with E-state index in [-0.39, 0.29) is 5.91 Å². The van der Waals surface area contributed by atoms with Crippen LogP contribution in [0, 0.1) is 6.92 Å². The van der Waals surface area contributed by atoms with Gasteiger partial charge in [0.2, 0.25) is 5.88 Å². The molecule has 0 aliphatic heterocycles. The fourth-order valence-corrected chi connectivity index (χ4v) is 1.76. The minimum Gasteiger partial charge on any atom is -0.480 e. The Hall–Kier alpha value is -1.76. The number of carbonyl (C=O) groups is 1. The molecule has 1 amide bonds. The molecule has 7 heteroatoms. The predicted molar refractivity (Wildman–Crippen MR) is 70.5 cm³/mol. The summed E-state index contributed by atoms with van der Waals surface area (Å²) in [5.74, 6) is 0.802. The Bertz CT molecular complexity index is 582. The fourth-order valence-electron chi connectivity index (χ4n) is 1.65. The van der Waals surface area contributed by atoms with Crippen LogP contribution in [0.4, 0.5) is 0 Å². The fraction of sp³-hybridized carbons (Fsp3) is 0.364. The molecular weight excluding hydrogens is 252 g/mol. The Morgan fingerprint density at radius 2 is 2.33 bits per heavy atom. The van der Waals surface area contributed by atoms with Gasteiger partial charge in [0.05, 0.1) is 12.8 Å². The quantitative estimate of drug-likeness (QED) is 0.800. The second-order valence-electron chi connectivity index (χ2n) is 3.67. The Labute approximate surface area is 110 Å².